The van der Waals surface area contributed by atoms with Gasteiger partial charge >= 0.3 is 0 Å². The lowest BCUT2D eigenvalue weighted by molar-refractivity contribution is 0.264. The minimum Gasteiger partial charge on any atom is -0.490 e. The number of nitrogens with one attached hydrogen (secondary N) is 1. The molecule has 1 N–H and O–H groups in total. The van der Waals surface area contributed by atoms with E-state index in [4.69, 9.17) is 9.47 Å². The van der Waals surface area contributed by atoms with Gasteiger partial charge in [-0.25, -0.2) is 0 Å². The lowest BCUT2D eigenvalue weighted by atomic mass is 10.2. The molecule has 19 heavy (non-hydrogen) atoms. The largest absolute Gasteiger partial charge is 0.490 e. The molecule has 0 saturated heterocycles. The number of hydrogen-bond acceptors (Lipinski definition) is 3. The smallest absolute Gasteiger partial charge is 0.161 e. The van der Waals surface area contributed by atoms with E-state index in [-0.39, 0.29) is 0 Å². The molecule has 0 atom stereocenters. The molecule has 1 aromatic rings. The van der Waals surface area contributed by atoms with Crippen molar-refractivity contribution in [2.24, 2.45) is 0 Å². The second-order valence-electron chi connectivity index (χ2n) is 5.08. The summed E-state index contributed by atoms with van der Waals surface area (Å²) in [5.74, 6) is 1.70. The highest BCUT2D eigenvalue weighted by Gasteiger charge is 2.13. The maximum atomic E-state index is 5.81. The summed E-state index contributed by atoms with van der Waals surface area (Å²) in [7, 11) is 0. The summed E-state index contributed by atoms with van der Waals surface area (Å²) in [6.45, 7) is 4.45. The van der Waals surface area contributed by atoms with E-state index in [1.165, 1.54) is 25.7 Å². The van der Waals surface area contributed by atoms with Crippen LogP contribution in [-0.4, -0.2) is 25.8 Å². The molecule has 3 heteroatoms. The van der Waals surface area contributed by atoms with Crippen LogP contribution in [0.25, 0.3) is 0 Å². The molecule has 1 aromatic carbocycles. The second-order valence-corrected chi connectivity index (χ2v) is 5.08. The van der Waals surface area contributed by atoms with E-state index in [1.807, 2.05) is 24.3 Å². The highest BCUT2D eigenvalue weighted by Crippen LogP contribution is 2.26. The molecule has 0 amide bonds. The first-order valence-corrected chi connectivity index (χ1v) is 7.48. The van der Waals surface area contributed by atoms with Gasteiger partial charge in [-0.05, 0) is 31.4 Å². The van der Waals surface area contributed by atoms with E-state index in [2.05, 4.69) is 12.2 Å². The normalized spacial score (nSPS) is 15.6. The van der Waals surface area contributed by atoms with Gasteiger partial charge < -0.3 is 14.8 Å². The van der Waals surface area contributed by atoms with Crippen LogP contribution >= 0.6 is 0 Å². The van der Waals surface area contributed by atoms with Crippen LogP contribution in [0, 0.1) is 0 Å². The molecule has 0 unspecified atom stereocenters. The molecule has 0 aliphatic heterocycles. The second kappa shape index (κ2) is 8.05. The predicted octanol–water partition coefficient (Wildman–Crippen LogP) is 3.39. The first kappa shape index (κ1) is 14.2. The van der Waals surface area contributed by atoms with Gasteiger partial charge in [0, 0.05) is 12.6 Å². The maximum absolute atomic E-state index is 5.81. The highest BCUT2D eigenvalue weighted by atomic mass is 16.5. The fourth-order valence-corrected chi connectivity index (χ4v) is 2.45. The molecular weight excluding hydrogens is 238 g/mol. The first-order valence-electron chi connectivity index (χ1n) is 7.48. The first-order chi connectivity index (χ1) is 9.40. The van der Waals surface area contributed by atoms with Gasteiger partial charge in [-0.15, -0.1) is 0 Å². The third-order valence-electron chi connectivity index (χ3n) is 3.46. The number of benzene rings is 1. The van der Waals surface area contributed by atoms with Crippen molar-refractivity contribution in [1.82, 2.24) is 5.32 Å². The Labute approximate surface area is 116 Å². The van der Waals surface area contributed by atoms with Crippen molar-refractivity contribution in [2.45, 2.75) is 45.1 Å². The highest BCUT2D eigenvalue weighted by molar-refractivity contribution is 5.39. The van der Waals surface area contributed by atoms with Gasteiger partial charge in [-0.3, -0.25) is 0 Å². The zero-order valence-electron chi connectivity index (χ0n) is 11.9. The minimum atomic E-state index is 0.697. The molecule has 0 heterocycles. The molecule has 1 saturated carbocycles. The van der Waals surface area contributed by atoms with Crippen molar-refractivity contribution in [2.75, 3.05) is 19.8 Å². The molecule has 106 valence electrons. The van der Waals surface area contributed by atoms with E-state index in [1.54, 1.807) is 0 Å². The zero-order chi connectivity index (χ0) is 13.3. The fourth-order valence-electron chi connectivity index (χ4n) is 2.45. The Balaban J connectivity index is 1.72. The lowest BCUT2D eigenvalue weighted by Gasteiger charge is -2.14. The fraction of sp³-hybridized carbons (Fsp3) is 0.625. The lowest BCUT2D eigenvalue weighted by Crippen LogP contribution is -2.30. The monoisotopic (exact) mass is 263 g/mol. The van der Waals surface area contributed by atoms with Crippen LogP contribution in [0.2, 0.25) is 0 Å². The molecule has 1 aliphatic carbocycles. The van der Waals surface area contributed by atoms with Crippen molar-refractivity contribution >= 4 is 0 Å². The Morgan fingerprint density at radius 3 is 2.32 bits per heavy atom. The van der Waals surface area contributed by atoms with Crippen LogP contribution in [0.5, 0.6) is 11.5 Å². The third-order valence-corrected chi connectivity index (χ3v) is 3.46. The summed E-state index contributed by atoms with van der Waals surface area (Å²) in [4.78, 5) is 0. The average Bonchev–Trinajstić information content (AvgIpc) is 2.95. The van der Waals surface area contributed by atoms with Crippen molar-refractivity contribution in [3.8, 4) is 11.5 Å². The molecular formula is C16H25NO2. The molecule has 0 aromatic heterocycles. The van der Waals surface area contributed by atoms with Crippen LogP contribution in [0.15, 0.2) is 24.3 Å². The number of hydrogen-bond donors (Lipinski definition) is 1. The molecule has 0 spiro atoms. The van der Waals surface area contributed by atoms with Gasteiger partial charge in [-0.2, -0.15) is 0 Å². The average molecular weight is 263 g/mol. The minimum absolute atomic E-state index is 0.697. The predicted molar refractivity (Wildman–Crippen MR) is 78.0 cm³/mol. The Hall–Kier alpha value is -1.22. The van der Waals surface area contributed by atoms with Crippen molar-refractivity contribution in [3.63, 3.8) is 0 Å². The standard InChI is InChI=1S/C16H25NO2/c1-2-12-18-15-9-5-6-10-16(15)19-13-11-17-14-7-3-4-8-14/h5-6,9-10,14,17H,2-4,7-8,11-13H2,1H3. The van der Waals surface area contributed by atoms with Crippen LogP contribution < -0.4 is 14.8 Å². The van der Waals surface area contributed by atoms with Gasteiger partial charge in [0.05, 0.1) is 6.61 Å². The maximum Gasteiger partial charge on any atom is 0.161 e. The summed E-state index contributed by atoms with van der Waals surface area (Å²) in [5, 5.41) is 3.55. The van der Waals surface area contributed by atoms with Gasteiger partial charge in [0.2, 0.25) is 0 Å². The molecule has 1 aliphatic rings. The third kappa shape index (κ3) is 4.75. The van der Waals surface area contributed by atoms with E-state index in [9.17, 15) is 0 Å². The summed E-state index contributed by atoms with van der Waals surface area (Å²) in [5.41, 5.74) is 0. The summed E-state index contributed by atoms with van der Waals surface area (Å²) in [6, 6.07) is 8.61. The summed E-state index contributed by atoms with van der Waals surface area (Å²) >= 11 is 0. The van der Waals surface area contributed by atoms with Gasteiger partial charge in [0.15, 0.2) is 11.5 Å². The van der Waals surface area contributed by atoms with E-state index in [0.717, 1.165) is 31.1 Å². The van der Waals surface area contributed by atoms with Crippen molar-refractivity contribution in [3.05, 3.63) is 24.3 Å². The molecule has 1 fully saturated rings. The molecule has 2 rings (SSSR count). The van der Waals surface area contributed by atoms with E-state index in [0.29, 0.717) is 12.6 Å². The van der Waals surface area contributed by atoms with Crippen LogP contribution in [-0.2, 0) is 0 Å². The summed E-state index contributed by atoms with van der Waals surface area (Å²) in [6.07, 6.45) is 6.38. The Bertz CT molecular complexity index is 362. The Kier molecular flexibility index (Phi) is 6.02. The van der Waals surface area contributed by atoms with Crippen molar-refractivity contribution < 1.29 is 9.47 Å². The zero-order valence-corrected chi connectivity index (χ0v) is 11.9. The molecule has 0 bridgehead atoms. The number of ether oxygens (including phenoxy) is 2. The van der Waals surface area contributed by atoms with E-state index >= 15 is 0 Å². The van der Waals surface area contributed by atoms with Crippen LogP contribution in [0.3, 0.4) is 0 Å². The number of para-hydroxylation sites is 2. The van der Waals surface area contributed by atoms with Gasteiger partial charge in [-0.1, -0.05) is 31.9 Å². The van der Waals surface area contributed by atoms with Gasteiger partial charge in [0.1, 0.15) is 6.61 Å². The van der Waals surface area contributed by atoms with E-state index < -0.39 is 0 Å². The summed E-state index contributed by atoms with van der Waals surface area (Å²) < 4.78 is 11.5. The molecule has 0 radical (unpaired) electrons. The Morgan fingerprint density at radius 2 is 1.68 bits per heavy atom. The van der Waals surface area contributed by atoms with Gasteiger partial charge in [0.25, 0.3) is 0 Å². The quantitative estimate of drug-likeness (QED) is 0.729. The van der Waals surface area contributed by atoms with Crippen LogP contribution in [0.1, 0.15) is 39.0 Å². The number of rotatable bonds is 8. The van der Waals surface area contributed by atoms with Crippen LogP contribution in [0.4, 0.5) is 0 Å². The molecule has 3 nitrogen and oxygen atoms in total. The Morgan fingerprint density at radius 1 is 1.05 bits per heavy atom. The topological polar surface area (TPSA) is 30.5 Å². The van der Waals surface area contributed by atoms with Crippen molar-refractivity contribution in [1.29, 1.82) is 0 Å². The SMILES string of the molecule is CCCOc1ccccc1OCCNC1CCCC1.